The maximum Gasteiger partial charge on any atom is 0.0216 e. The molecule has 0 spiro atoms. The van der Waals surface area contributed by atoms with E-state index in [9.17, 15) is 0 Å². The molecule has 0 saturated carbocycles. The molecular weight excluding hydrogens is 204 g/mol. The van der Waals surface area contributed by atoms with Crippen LogP contribution in [0.3, 0.4) is 0 Å². The minimum absolute atomic E-state index is 0.168. The van der Waals surface area contributed by atoms with E-state index in [1.807, 2.05) is 12.1 Å². The summed E-state index contributed by atoms with van der Waals surface area (Å²) in [5.74, 6) is 0. The Morgan fingerprint density at radius 3 is 2.65 bits per heavy atom. The van der Waals surface area contributed by atoms with E-state index < -0.39 is 0 Å². The molecule has 1 aliphatic rings. The molecule has 0 N–H and O–H groups in total. The first-order valence-corrected chi connectivity index (χ1v) is 6.35. The van der Waals surface area contributed by atoms with Crippen LogP contribution in [0.15, 0.2) is 36.4 Å². The predicted octanol–water partition coefficient (Wildman–Crippen LogP) is 4.37. The van der Waals surface area contributed by atoms with Crippen LogP contribution in [0.1, 0.15) is 37.8 Å². The first kappa shape index (κ1) is 10.6. The van der Waals surface area contributed by atoms with Gasteiger partial charge in [0.15, 0.2) is 0 Å². The fraction of sp³-hybridized carbons (Fsp3) is 0.294. The number of rotatable bonds is 2. The SMILES string of the molecule is CCC1(CC)c2[c]cccc2-c2c[c]ccc21. The van der Waals surface area contributed by atoms with Gasteiger partial charge in [0, 0.05) is 5.41 Å². The van der Waals surface area contributed by atoms with Crippen LogP contribution in [0.25, 0.3) is 11.1 Å². The van der Waals surface area contributed by atoms with Crippen LogP contribution in [0, 0.1) is 12.1 Å². The lowest BCUT2D eigenvalue weighted by Crippen LogP contribution is -2.22. The molecule has 2 radical (unpaired) electrons. The van der Waals surface area contributed by atoms with E-state index in [-0.39, 0.29) is 5.41 Å². The van der Waals surface area contributed by atoms with Crippen LogP contribution in [0.5, 0.6) is 0 Å². The average Bonchev–Trinajstić information content (AvgIpc) is 2.70. The molecule has 0 bridgehead atoms. The molecule has 0 aliphatic heterocycles. The zero-order valence-corrected chi connectivity index (χ0v) is 10.4. The Balaban J connectivity index is 2.38. The van der Waals surface area contributed by atoms with Gasteiger partial charge >= 0.3 is 0 Å². The van der Waals surface area contributed by atoms with Gasteiger partial charge in [-0.3, -0.25) is 0 Å². The van der Waals surface area contributed by atoms with Gasteiger partial charge in [-0.1, -0.05) is 44.2 Å². The molecule has 3 rings (SSSR count). The van der Waals surface area contributed by atoms with E-state index in [0.717, 1.165) is 12.8 Å². The minimum Gasteiger partial charge on any atom is -0.0642 e. The van der Waals surface area contributed by atoms with Gasteiger partial charge in [0.2, 0.25) is 0 Å². The van der Waals surface area contributed by atoms with Gasteiger partial charge in [-0.15, -0.1) is 0 Å². The van der Waals surface area contributed by atoms with Crippen molar-refractivity contribution in [1.29, 1.82) is 0 Å². The Labute approximate surface area is 103 Å². The summed E-state index contributed by atoms with van der Waals surface area (Å²) in [7, 11) is 0. The highest BCUT2D eigenvalue weighted by Gasteiger charge is 2.39. The lowest BCUT2D eigenvalue weighted by molar-refractivity contribution is 0.490. The zero-order chi connectivity index (χ0) is 11.9. The molecule has 0 heterocycles. The lowest BCUT2D eigenvalue weighted by Gasteiger charge is -2.29. The van der Waals surface area contributed by atoms with E-state index in [0.29, 0.717) is 0 Å². The second-order valence-corrected chi connectivity index (χ2v) is 4.72. The van der Waals surface area contributed by atoms with Crippen LogP contribution in [0.4, 0.5) is 0 Å². The summed E-state index contributed by atoms with van der Waals surface area (Å²) in [6.45, 7) is 4.56. The van der Waals surface area contributed by atoms with Crippen molar-refractivity contribution in [1.82, 2.24) is 0 Å². The fourth-order valence-corrected chi connectivity index (χ4v) is 3.25. The maximum absolute atomic E-state index is 3.47. The largest absolute Gasteiger partial charge is 0.0642 e. The van der Waals surface area contributed by atoms with Crippen LogP contribution in [-0.2, 0) is 5.41 Å². The van der Waals surface area contributed by atoms with Crippen LogP contribution >= 0.6 is 0 Å². The average molecular weight is 220 g/mol. The molecule has 84 valence electrons. The lowest BCUT2D eigenvalue weighted by atomic mass is 9.74. The number of benzene rings is 2. The van der Waals surface area contributed by atoms with Crippen molar-refractivity contribution < 1.29 is 0 Å². The zero-order valence-electron chi connectivity index (χ0n) is 10.4. The highest BCUT2D eigenvalue weighted by molar-refractivity contribution is 5.80. The second-order valence-electron chi connectivity index (χ2n) is 4.72. The monoisotopic (exact) mass is 220 g/mol. The van der Waals surface area contributed by atoms with Gasteiger partial charge in [0.1, 0.15) is 0 Å². The maximum atomic E-state index is 3.47. The first-order valence-electron chi connectivity index (χ1n) is 6.35. The van der Waals surface area contributed by atoms with Gasteiger partial charge in [0.25, 0.3) is 0 Å². The van der Waals surface area contributed by atoms with E-state index in [1.54, 1.807) is 0 Å². The molecule has 0 amide bonds. The van der Waals surface area contributed by atoms with E-state index in [4.69, 9.17) is 0 Å². The van der Waals surface area contributed by atoms with Crippen LogP contribution in [0.2, 0.25) is 0 Å². The third kappa shape index (κ3) is 1.24. The third-order valence-corrected chi connectivity index (χ3v) is 4.21. The Morgan fingerprint density at radius 1 is 1.06 bits per heavy atom. The summed E-state index contributed by atoms with van der Waals surface area (Å²) in [4.78, 5) is 0. The Bertz CT molecular complexity index is 500. The molecule has 0 nitrogen and oxygen atoms in total. The van der Waals surface area contributed by atoms with Gasteiger partial charge in [0.05, 0.1) is 0 Å². The molecule has 0 atom stereocenters. The molecule has 0 fully saturated rings. The Kier molecular flexibility index (Phi) is 2.32. The van der Waals surface area contributed by atoms with Gasteiger partial charge in [-0.05, 0) is 53.3 Å². The molecule has 17 heavy (non-hydrogen) atoms. The highest BCUT2D eigenvalue weighted by Crippen LogP contribution is 2.51. The van der Waals surface area contributed by atoms with Crippen molar-refractivity contribution >= 4 is 0 Å². The highest BCUT2D eigenvalue weighted by atomic mass is 14.4. The quantitative estimate of drug-likeness (QED) is 0.704. The van der Waals surface area contributed by atoms with Crippen molar-refractivity contribution in [3.63, 3.8) is 0 Å². The van der Waals surface area contributed by atoms with E-state index >= 15 is 0 Å². The van der Waals surface area contributed by atoms with E-state index in [1.165, 1.54) is 22.3 Å². The Morgan fingerprint density at radius 2 is 1.88 bits per heavy atom. The normalized spacial score (nSPS) is 15.4. The van der Waals surface area contributed by atoms with Crippen molar-refractivity contribution in [3.8, 4) is 11.1 Å². The van der Waals surface area contributed by atoms with Crippen LogP contribution in [-0.4, -0.2) is 0 Å². The minimum atomic E-state index is 0.168. The standard InChI is InChI=1S/C17H16/c1-3-17(4-2)15-11-7-5-9-13(15)14-10-6-8-12-16(14)17/h5,7-10,12H,3-4H2,1-2H3. The number of fused-ring (bicyclic) bond motifs is 3. The molecule has 2 aromatic rings. The topological polar surface area (TPSA) is 0 Å². The molecular formula is C17H16. The summed E-state index contributed by atoms with van der Waals surface area (Å²) >= 11 is 0. The smallest absolute Gasteiger partial charge is 0.0216 e. The van der Waals surface area contributed by atoms with Gasteiger partial charge < -0.3 is 0 Å². The summed E-state index contributed by atoms with van der Waals surface area (Å²) < 4.78 is 0. The molecule has 2 aromatic carbocycles. The van der Waals surface area contributed by atoms with Crippen molar-refractivity contribution in [2.45, 2.75) is 32.1 Å². The summed E-state index contributed by atoms with van der Waals surface area (Å²) in [5, 5.41) is 0. The number of hydrogen-bond acceptors (Lipinski definition) is 0. The number of hydrogen-bond donors (Lipinski definition) is 0. The molecule has 0 heteroatoms. The second kappa shape index (κ2) is 3.73. The summed E-state index contributed by atoms with van der Waals surface area (Å²) in [6.07, 6.45) is 2.27. The Hall–Kier alpha value is -1.56. The predicted molar refractivity (Wildman–Crippen MR) is 70.9 cm³/mol. The van der Waals surface area contributed by atoms with E-state index in [2.05, 4.69) is 50.2 Å². The summed E-state index contributed by atoms with van der Waals surface area (Å²) in [5.41, 5.74) is 5.70. The molecule has 1 aliphatic carbocycles. The van der Waals surface area contributed by atoms with Crippen molar-refractivity contribution in [2.24, 2.45) is 0 Å². The van der Waals surface area contributed by atoms with Crippen molar-refractivity contribution in [2.75, 3.05) is 0 Å². The molecule has 0 aromatic heterocycles. The summed E-state index contributed by atoms with van der Waals surface area (Å²) in [6, 6.07) is 19.4. The first-order chi connectivity index (χ1) is 8.33. The fourth-order valence-electron chi connectivity index (χ4n) is 3.25. The third-order valence-electron chi connectivity index (χ3n) is 4.21. The molecule has 0 saturated heterocycles. The van der Waals surface area contributed by atoms with Crippen LogP contribution < -0.4 is 0 Å². The van der Waals surface area contributed by atoms with Gasteiger partial charge in [-0.2, -0.15) is 0 Å². The molecule has 0 unspecified atom stereocenters. The van der Waals surface area contributed by atoms with Gasteiger partial charge in [-0.25, -0.2) is 0 Å². The van der Waals surface area contributed by atoms with Crippen molar-refractivity contribution in [3.05, 3.63) is 59.7 Å².